The van der Waals surface area contributed by atoms with E-state index in [2.05, 4.69) is 20.9 Å². The van der Waals surface area contributed by atoms with E-state index in [1.165, 1.54) is 17.4 Å². The molecule has 1 heterocycles. The molecule has 1 aromatic carbocycles. The Morgan fingerprint density at radius 2 is 2.33 bits per heavy atom. The number of carbonyl (C=O) groups is 1. The number of aromatic nitrogens is 1. The Morgan fingerprint density at radius 1 is 1.53 bits per heavy atom. The van der Waals surface area contributed by atoms with Crippen LogP contribution >= 0.6 is 27.3 Å². The normalized spacial score (nSPS) is 11.3. The summed E-state index contributed by atoms with van der Waals surface area (Å²) in [5.41, 5.74) is 0.874. The number of benzene rings is 1. The molecule has 2 aromatic rings. The lowest BCUT2D eigenvalue weighted by Crippen LogP contribution is -1.84. The number of thiazole rings is 1. The molecule has 0 unspecified atom stereocenters. The van der Waals surface area contributed by atoms with Crippen LogP contribution in [0.15, 0.2) is 28.7 Å². The smallest absolute Gasteiger partial charge is 0.328 e. The van der Waals surface area contributed by atoms with Gasteiger partial charge in [-0.25, -0.2) is 9.78 Å². The van der Waals surface area contributed by atoms with Gasteiger partial charge in [-0.15, -0.1) is 11.3 Å². The summed E-state index contributed by atoms with van der Waals surface area (Å²) >= 11 is 4.82. The van der Waals surface area contributed by atoms with Crippen molar-refractivity contribution in [3.05, 3.63) is 33.8 Å². The number of rotatable bonds is 2. The van der Waals surface area contributed by atoms with Gasteiger partial charge in [0.1, 0.15) is 5.01 Å². The number of hydrogen-bond donors (Lipinski definition) is 1. The van der Waals surface area contributed by atoms with Gasteiger partial charge >= 0.3 is 5.97 Å². The first-order valence-corrected chi connectivity index (χ1v) is 5.73. The van der Waals surface area contributed by atoms with Crippen molar-refractivity contribution in [2.75, 3.05) is 0 Å². The zero-order valence-corrected chi connectivity index (χ0v) is 9.88. The Morgan fingerprint density at radius 3 is 3.07 bits per heavy atom. The van der Waals surface area contributed by atoms with Crippen LogP contribution < -0.4 is 0 Å². The largest absolute Gasteiger partial charge is 0.478 e. The summed E-state index contributed by atoms with van der Waals surface area (Å²) in [5, 5.41) is 9.18. The van der Waals surface area contributed by atoms with Crippen molar-refractivity contribution in [2.24, 2.45) is 0 Å². The van der Waals surface area contributed by atoms with E-state index < -0.39 is 5.97 Å². The molecule has 0 amide bonds. The maximum absolute atomic E-state index is 10.3. The highest BCUT2D eigenvalue weighted by molar-refractivity contribution is 9.10. The molecule has 0 spiro atoms. The van der Waals surface area contributed by atoms with E-state index in [9.17, 15) is 4.79 Å². The summed E-state index contributed by atoms with van der Waals surface area (Å²) in [5.74, 6) is -0.963. The number of halogens is 1. The van der Waals surface area contributed by atoms with Crippen LogP contribution in [0.3, 0.4) is 0 Å². The van der Waals surface area contributed by atoms with Gasteiger partial charge in [-0.05, 0) is 24.3 Å². The molecule has 0 saturated carbocycles. The van der Waals surface area contributed by atoms with E-state index in [-0.39, 0.29) is 0 Å². The fourth-order valence-corrected chi connectivity index (χ4v) is 2.33. The first kappa shape index (κ1) is 10.3. The Labute approximate surface area is 98.2 Å². The molecule has 0 aliphatic carbocycles. The average Bonchev–Trinajstić information content (AvgIpc) is 2.56. The molecule has 0 radical (unpaired) electrons. The minimum absolute atomic E-state index is 0.700. The zero-order valence-electron chi connectivity index (χ0n) is 7.48. The highest BCUT2D eigenvalue weighted by Crippen LogP contribution is 2.25. The predicted molar refractivity (Wildman–Crippen MR) is 64.0 cm³/mol. The quantitative estimate of drug-likeness (QED) is 0.862. The Balaban J connectivity index is 2.43. The summed E-state index contributed by atoms with van der Waals surface area (Å²) in [6.07, 6.45) is 2.59. The fourth-order valence-electron chi connectivity index (χ4n) is 1.13. The van der Waals surface area contributed by atoms with E-state index >= 15 is 0 Å². The van der Waals surface area contributed by atoms with Crippen molar-refractivity contribution in [2.45, 2.75) is 0 Å². The van der Waals surface area contributed by atoms with Gasteiger partial charge in [0.15, 0.2) is 0 Å². The molecular formula is C10H6BrNO2S. The van der Waals surface area contributed by atoms with Crippen LogP contribution in [-0.2, 0) is 4.79 Å². The van der Waals surface area contributed by atoms with E-state index in [0.717, 1.165) is 20.8 Å². The first-order valence-electron chi connectivity index (χ1n) is 4.12. The summed E-state index contributed by atoms with van der Waals surface area (Å²) in [4.78, 5) is 14.6. The Hall–Kier alpha value is -1.20. The van der Waals surface area contributed by atoms with Gasteiger partial charge in [-0.2, -0.15) is 0 Å². The number of carboxylic acid groups (broad SMARTS) is 1. The first-order chi connectivity index (χ1) is 7.15. The second kappa shape index (κ2) is 4.12. The van der Waals surface area contributed by atoms with E-state index in [4.69, 9.17) is 5.11 Å². The number of carboxylic acids is 1. The molecule has 3 nitrogen and oxygen atoms in total. The molecule has 2 rings (SSSR count). The second-order valence-electron chi connectivity index (χ2n) is 2.84. The van der Waals surface area contributed by atoms with Crippen molar-refractivity contribution < 1.29 is 9.90 Å². The van der Waals surface area contributed by atoms with Gasteiger partial charge in [0.2, 0.25) is 0 Å². The van der Waals surface area contributed by atoms with E-state index in [0.29, 0.717) is 5.01 Å². The van der Waals surface area contributed by atoms with Gasteiger partial charge in [0.25, 0.3) is 0 Å². The Bertz CT molecular complexity index is 547. The third-order valence-corrected chi connectivity index (χ3v) is 3.23. The molecule has 0 aliphatic heterocycles. The molecule has 0 saturated heterocycles. The van der Waals surface area contributed by atoms with Gasteiger partial charge in [-0.1, -0.05) is 15.9 Å². The van der Waals surface area contributed by atoms with Crippen molar-refractivity contribution in [1.29, 1.82) is 0 Å². The van der Waals surface area contributed by atoms with Crippen molar-refractivity contribution in [1.82, 2.24) is 4.98 Å². The average molecular weight is 284 g/mol. The standard InChI is InChI=1S/C10H6BrNO2S/c11-6-1-2-8-7(5-6)12-9(15-8)3-4-10(13)14/h1-5H,(H,13,14)/b4-3+. The van der Waals surface area contributed by atoms with Gasteiger partial charge in [0.05, 0.1) is 10.2 Å². The van der Waals surface area contributed by atoms with Crippen LogP contribution in [0.4, 0.5) is 0 Å². The lowest BCUT2D eigenvalue weighted by atomic mass is 10.3. The van der Waals surface area contributed by atoms with Crippen LogP contribution in [0.25, 0.3) is 16.3 Å². The molecule has 0 aliphatic rings. The topological polar surface area (TPSA) is 50.2 Å². The minimum atomic E-state index is -0.963. The lowest BCUT2D eigenvalue weighted by molar-refractivity contribution is -0.131. The Kier molecular flexibility index (Phi) is 2.83. The molecule has 76 valence electrons. The third-order valence-electron chi connectivity index (χ3n) is 1.73. The minimum Gasteiger partial charge on any atom is -0.478 e. The SMILES string of the molecule is O=C(O)/C=C/c1nc2cc(Br)ccc2s1. The van der Waals surface area contributed by atoms with E-state index in [1.807, 2.05) is 18.2 Å². The lowest BCUT2D eigenvalue weighted by Gasteiger charge is -1.87. The van der Waals surface area contributed by atoms with Crippen LogP contribution in [0.5, 0.6) is 0 Å². The van der Waals surface area contributed by atoms with Crippen LogP contribution in [0, 0.1) is 0 Å². The molecule has 15 heavy (non-hydrogen) atoms. The van der Waals surface area contributed by atoms with Crippen molar-refractivity contribution in [3.8, 4) is 0 Å². The van der Waals surface area contributed by atoms with Crippen molar-refractivity contribution >= 4 is 49.5 Å². The highest BCUT2D eigenvalue weighted by atomic mass is 79.9. The molecule has 0 fully saturated rings. The summed E-state index contributed by atoms with van der Waals surface area (Å²) in [6, 6.07) is 5.80. The maximum atomic E-state index is 10.3. The molecule has 0 atom stereocenters. The zero-order chi connectivity index (χ0) is 10.8. The van der Waals surface area contributed by atoms with E-state index in [1.54, 1.807) is 0 Å². The fraction of sp³-hybridized carbons (Fsp3) is 0. The van der Waals surface area contributed by atoms with Crippen LogP contribution in [-0.4, -0.2) is 16.1 Å². The van der Waals surface area contributed by atoms with Crippen LogP contribution in [0.1, 0.15) is 5.01 Å². The number of nitrogens with zero attached hydrogens (tertiary/aromatic N) is 1. The molecule has 0 bridgehead atoms. The van der Waals surface area contributed by atoms with Crippen molar-refractivity contribution in [3.63, 3.8) is 0 Å². The van der Waals surface area contributed by atoms with Gasteiger partial charge < -0.3 is 5.11 Å². The predicted octanol–water partition coefficient (Wildman–Crippen LogP) is 3.16. The maximum Gasteiger partial charge on any atom is 0.328 e. The number of aliphatic carboxylic acids is 1. The summed E-state index contributed by atoms with van der Waals surface area (Å²) in [6.45, 7) is 0. The number of hydrogen-bond acceptors (Lipinski definition) is 3. The molecule has 5 heteroatoms. The summed E-state index contributed by atoms with van der Waals surface area (Å²) < 4.78 is 2.01. The van der Waals surface area contributed by atoms with Gasteiger partial charge in [0, 0.05) is 10.5 Å². The third kappa shape index (κ3) is 2.43. The highest BCUT2D eigenvalue weighted by Gasteiger charge is 2.01. The monoisotopic (exact) mass is 283 g/mol. The van der Waals surface area contributed by atoms with Crippen LogP contribution in [0.2, 0.25) is 0 Å². The molecular weight excluding hydrogens is 278 g/mol. The summed E-state index contributed by atoms with van der Waals surface area (Å²) in [7, 11) is 0. The van der Waals surface area contributed by atoms with Gasteiger partial charge in [-0.3, -0.25) is 0 Å². The second-order valence-corrected chi connectivity index (χ2v) is 4.81. The molecule has 1 N–H and O–H groups in total. The number of fused-ring (bicyclic) bond motifs is 1. The molecule has 1 aromatic heterocycles.